The molecular formula is C18H11Cl2F2N3O2. The van der Waals surface area contributed by atoms with E-state index in [0.29, 0.717) is 5.56 Å². The molecule has 1 fully saturated rings. The number of rotatable bonds is 3. The van der Waals surface area contributed by atoms with Crippen molar-refractivity contribution in [1.82, 2.24) is 10.1 Å². The molecule has 0 N–H and O–H groups in total. The first kappa shape index (κ1) is 17.9. The van der Waals surface area contributed by atoms with Crippen LogP contribution < -0.4 is 4.90 Å². The maximum atomic E-state index is 14.1. The van der Waals surface area contributed by atoms with Gasteiger partial charge in [-0.1, -0.05) is 28.4 Å². The number of amides is 1. The van der Waals surface area contributed by atoms with Gasteiger partial charge >= 0.3 is 0 Å². The van der Waals surface area contributed by atoms with Crippen LogP contribution in [0.4, 0.5) is 14.5 Å². The smallest absolute Gasteiger partial charge is 0.232 e. The molecule has 3 aromatic rings. The number of hydrogen-bond acceptors (Lipinski definition) is 4. The van der Waals surface area contributed by atoms with Crippen molar-refractivity contribution in [2.45, 2.75) is 12.3 Å². The second-order valence-electron chi connectivity index (χ2n) is 6.09. The third kappa shape index (κ3) is 3.40. The van der Waals surface area contributed by atoms with Crippen molar-refractivity contribution >= 4 is 34.8 Å². The second kappa shape index (κ2) is 6.90. The fourth-order valence-corrected chi connectivity index (χ4v) is 3.24. The molecular weight excluding hydrogens is 399 g/mol. The summed E-state index contributed by atoms with van der Waals surface area (Å²) in [6, 6.07) is 8.28. The molecule has 5 nitrogen and oxygen atoms in total. The van der Waals surface area contributed by atoms with Crippen LogP contribution in [0, 0.1) is 11.6 Å². The summed E-state index contributed by atoms with van der Waals surface area (Å²) < 4.78 is 33.0. The van der Waals surface area contributed by atoms with Crippen molar-refractivity contribution in [2.24, 2.45) is 0 Å². The third-order valence-corrected chi connectivity index (χ3v) is 4.84. The van der Waals surface area contributed by atoms with Crippen molar-refractivity contribution in [3.63, 3.8) is 0 Å². The van der Waals surface area contributed by atoms with Crippen LogP contribution >= 0.6 is 23.2 Å². The molecule has 0 bridgehead atoms. The fraction of sp³-hybridized carbons (Fsp3) is 0.167. The Bertz CT molecular complexity index is 1040. The lowest BCUT2D eigenvalue weighted by Gasteiger charge is -2.16. The first-order chi connectivity index (χ1) is 12.9. The van der Waals surface area contributed by atoms with Crippen molar-refractivity contribution < 1.29 is 18.1 Å². The molecule has 1 atom stereocenters. The molecule has 138 valence electrons. The zero-order valence-corrected chi connectivity index (χ0v) is 15.1. The highest BCUT2D eigenvalue weighted by molar-refractivity contribution is 6.31. The lowest BCUT2D eigenvalue weighted by atomic mass is 10.1. The molecule has 27 heavy (non-hydrogen) atoms. The largest absolute Gasteiger partial charge is 0.339 e. The molecule has 4 rings (SSSR count). The molecule has 1 aliphatic heterocycles. The predicted octanol–water partition coefficient (Wildman–Crippen LogP) is 4.84. The van der Waals surface area contributed by atoms with Gasteiger partial charge in [-0.05, 0) is 36.4 Å². The van der Waals surface area contributed by atoms with Gasteiger partial charge in [0.15, 0.2) is 0 Å². The number of anilines is 1. The van der Waals surface area contributed by atoms with E-state index in [1.165, 1.54) is 29.2 Å². The molecule has 0 spiro atoms. The van der Waals surface area contributed by atoms with Crippen molar-refractivity contribution in [3.8, 4) is 11.4 Å². The summed E-state index contributed by atoms with van der Waals surface area (Å²) in [6.45, 7) is 0.188. The van der Waals surface area contributed by atoms with E-state index in [0.717, 1.165) is 6.07 Å². The average molecular weight is 410 g/mol. The molecule has 1 amide bonds. The monoisotopic (exact) mass is 409 g/mol. The minimum atomic E-state index is -0.596. The summed E-state index contributed by atoms with van der Waals surface area (Å²) in [4.78, 5) is 17.9. The summed E-state index contributed by atoms with van der Waals surface area (Å²) in [5.41, 5.74) is 0.545. The summed E-state index contributed by atoms with van der Waals surface area (Å²) in [7, 11) is 0. The van der Waals surface area contributed by atoms with E-state index in [9.17, 15) is 13.6 Å². The zero-order valence-electron chi connectivity index (χ0n) is 13.6. The van der Waals surface area contributed by atoms with Crippen molar-refractivity contribution in [2.75, 3.05) is 11.4 Å². The number of hydrogen-bond donors (Lipinski definition) is 0. The minimum Gasteiger partial charge on any atom is -0.339 e. The summed E-state index contributed by atoms with van der Waals surface area (Å²) in [6.07, 6.45) is 0.0959. The normalized spacial score (nSPS) is 17.0. The van der Waals surface area contributed by atoms with Gasteiger partial charge in [-0.3, -0.25) is 4.79 Å². The molecule has 0 radical (unpaired) electrons. The SMILES string of the molecule is O=C1CC(c2nc(-c3ccc(Cl)c(F)c3)no2)CN1c1ccc(Cl)cc1F. The van der Waals surface area contributed by atoms with Crippen molar-refractivity contribution in [1.29, 1.82) is 0 Å². The molecule has 1 unspecified atom stereocenters. The van der Waals surface area contributed by atoms with E-state index in [-0.39, 0.29) is 46.3 Å². The van der Waals surface area contributed by atoms with E-state index in [2.05, 4.69) is 10.1 Å². The highest BCUT2D eigenvalue weighted by atomic mass is 35.5. The highest BCUT2D eigenvalue weighted by Gasteiger charge is 2.36. The Hall–Kier alpha value is -2.51. The summed E-state index contributed by atoms with van der Waals surface area (Å²) in [5, 5.41) is 4.07. The second-order valence-corrected chi connectivity index (χ2v) is 6.93. The van der Waals surface area contributed by atoms with Gasteiger partial charge in [0.25, 0.3) is 0 Å². The highest BCUT2D eigenvalue weighted by Crippen LogP contribution is 2.34. The quantitative estimate of drug-likeness (QED) is 0.620. The number of nitrogens with zero attached hydrogens (tertiary/aromatic N) is 3. The van der Waals surface area contributed by atoms with Crippen molar-refractivity contribution in [3.05, 3.63) is 64.0 Å². The van der Waals surface area contributed by atoms with Gasteiger partial charge in [0.2, 0.25) is 17.6 Å². The lowest BCUT2D eigenvalue weighted by Crippen LogP contribution is -2.25. The van der Waals surface area contributed by atoms with Crippen LogP contribution in [0.1, 0.15) is 18.2 Å². The molecule has 1 saturated heterocycles. The van der Waals surface area contributed by atoms with E-state index < -0.39 is 17.6 Å². The van der Waals surface area contributed by atoms with Gasteiger partial charge in [0.1, 0.15) is 11.6 Å². The fourth-order valence-electron chi connectivity index (χ4n) is 2.96. The number of aromatic nitrogens is 2. The molecule has 1 aromatic heterocycles. The van der Waals surface area contributed by atoms with Crippen LogP contribution in [-0.2, 0) is 4.79 Å². The number of benzene rings is 2. The lowest BCUT2D eigenvalue weighted by molar-refractivity contribution is -0.117. The van der Waals surface area contributed by atoms with Gasteiger partial charge < -0.3 is 9.42 Å². The number of carbonyl (C=O) groups excluding carboxylic acids is 1. The average Bonchev–Trinajstić information content (AvgIpc) is 3.25. The van der Waals surface area contributed by atoms with E-state index in [1.54, 1.807) is 6.07 Å². The zero-order chi connectivity index (χ0) is 19.1. The van der Waals surface area contributed by atoms with Gasteiger partial charge in [-0.15, -0.1) is 0 Å². The van der Waals surface area contributed by atoms with Gasteiger partial charge in [-0.25, -0.2) is 8.78 Å². The Kier molecular flexibility index (Phi) is 4.57. The Labute approximate surface area is 162 Å². The van der Waals surface area contributed by atoms with Crippen LogP contribution in [0.2, 0.25) is 10.0 Å². The summed E-state index contributed by atoms with van der Waals surface area (Å²) >= 11 is 11.4. The molecule has 2 heterocycles. The van der Waals surface area contributed by atoms with Gasteiger partial charge in [0.05, 0.1) is 16.6 Å². The van der Waals surface area contributed by atoms with E-state index in [4.69, 9.17) is 27.7 Å². The standard InChI is InChI=1S/C18H11Cl2F2N3O2/c19-11-2-4-15(14(22)7-11)25-8-10(6-16(25)26)18-23-17(24-27-18)9-1-3-12(20)13(21)5-9/h1-5,7,10H,6,8H2. The van der Waals surface area contributed by atoms with Gasteiger partial charge in [0, 0.05) is 23.6 Å². The first-order valence-corrected chi connectivity index (χ1v) is 8.72. The molecule has 2 aromatic carbocycles. The Balaban J connectivity index is 1.57. The third-order valence-electron chi connectivity index (χ3n) is 4.29. The van der Waals surface area contributed by atoms with Gasteiger partial charge in [-0.2, -0.15) is 4.98 Å². The van der Waals surface area contributed by atoms with Crippen LogP contribution in [0.15, 0.2) is 40.9 Å². The Morgan fingerprint density at radius 3 is 2.67 bits per heavy atom. The van der Waals surface area contributed by atoms with Crippen LogP contribution in [-0.4, -0.2) is 22.6 Å². The molecule has 9 heteroatoms. The number of carbonyl (C=O) groups is 1. The van der Waals surface area contributed by atoms with E-state index >= 15 is 0 Å². The Morgan fingerprint density at radius 2 is 1.93 bits per heavy atom. The topological polar surface area (TPSA) is 59.2 Å². The Morgan fingerprint density at radius 1 is 1.11 bits per heavy atom. The first-order valence-electron chi connectivity index (χ1n) is 7.97. The molecule has 0 aliphatic carbocycles. The maximum Gasteiger partial charge on any atom is 0.232 e. The van der Waals surface area contributed by atoms with Crippen LogP contribution in [0.3, 0.4) is 0 Å². The predicted molar refractivity (Wildman–Crippen MR) is 95.8 cm³/mol. The summed E-state index contributed by atoms with van der Waals surface area (Å²) in [5.74, 6) is -1.43. The minimum absolute atomic E-state index is 0.00973. The number of halogens is 4. The van der Waals surface area contributed by atoms with Crippen LogP contribution in [0.5, 0.6) is 0 Å². The molecule has 0 saturated carbocycles. The van der Waals surface area contributed by atoms with Crippen LogP contribution in [0.25, 0.3) is 11.4 Å². The maximum absolute atomic E-state index is 14.1. The molecule has 1 aliphatic rings. The van der Waals surface area contributed by atoms with E-state index in [1.807, 2.05) is 0 Å².